The molecular formula is C15H25N3O. The predicted octanol–water partition coefficient (Wildman–Crippen LogP) is 1.08. The molecule has 1 aliphatic heterocycles. The third kappa shape index (κ3) is 2.00. The van der Waals surface area contributed by atoms with Gasteiger partial charge in [-0.25, -0.2) is 5.01 Å². The van der Waals surface area contributed by atoms with Gasteiger partial charge in [-0.3, -0.25) is 10.6 Å². The van der Waals surface area contributed by atoms with E-state index in [1.807, 2.05) is 5.01 Å². The highest BCUT2D eigenvalue weighted by Crippen LogP contribution is 2.56. The van der Waals surface area contributed by atoms with Gasteiger partial charge in [-0.15, -0.1) is 0 Å². The number of hydrogen-bond acceptors (Lipinski definition) is 3. The molecule has 5 fully saturated rings. The van der Waals surface area contributed by atoms with Crippen LogP contribution in [0.15, 0.2) is 0 Å². The lowest BCUT2D eigenvalue weighted by molar-refractivity contribution is -0.150. The second kappa shape index (κ2) is 4.45. The van der Waals surface area contributed by atoms with E-state index < -0.39 is 0 Å². The van der Waals surface area contributed by atoms with E-state index in [0.29, 0.717) is 23.7 Å². The predicted molar refractivity (Wildman–Crippen MR) is 72.9 cm³/mol. The Morgan fingerprint density at radius 3 is 1.89 bits per heavy atom. The van der Waals surface area contributed by atoms with Gasteiger partial charge in [0.15, 0.2) is 0 Å². The summed E-state index contributed by atoms with van der Waals surface area (Å²) in [6.45, 7) is 3.33. The largest absolute Gasteiger partial charge is 0.340 e. The summed E-state index contributed by atoms with van der Waals surface area (Å²) in [6, 6.07) is 0. The quantitative estimate of drug-likeness (QED) is 0.720. The minimum atomic E-state index is 0.358. The van der Waals surface area contributed by atoms with E-state index in [1.54, 1.807) is 0 Å². The van der Waals surface area contributed by atoms with Crippen molar-refractivity contribution in [2.75, 3.05) is 26.2 Å². The lowest BCUT2D eigenvalue weighted by atomic mass is 9.51. The molecule has 4 bridgehead atoms. The Kier molecular flexibility index (Phi) is 2.85. The molecule has 0 unspecified atom stereocenters. The van der Waals surface area contributed by atoms with E-state index in [2.05, 4.69) is 4.90 Å². The zero-order chi connectivity index (χ0) is 13.0. The maximum absolute atomic E-state index is 12.9. The number of hydrogen-bond donors (Lipinski definition) is 1. The van der Waals surface area contributed by atoms with Gasteiger partial charge in [-0.05, 0) is 55.8 Å². The van der Waals surface area contributed by atoms with Gasteiger partial charge in [0.05, 0.1) is 0 Å². The topological polar surface area (TPSA) is 49.6 Å². The lowest BCUT2D eigenvalue weighted by Gasteiger charge is -2.54. The third-order valence-electron chi connectivity index (χ3n) is 6.14. The number of carbonyl (C=O) groups is 1. The van der Waals surface area contributed by atoms with Crippen molar-refractivity contribution >= 4 is 5.91 Å². The van der Waals surface area contributed by atoms with Gasteiger partial charge in [0.2, 0.25) is 5.91 Å². The Morgan fingerprint density at radius 1 is 0.842 bits per heavy atom. The van der Waals surface area contributed by atoms with Crippen LogP contribution in [0.1, 0.15) is 32.1 Å². The number of carbonyl (C=O) groups excluding carboxylic acids is 1. The Labute approximate surface area is 115 Å². The first-order chi connectivity index (χ1) is 9.20. The molecule has 106 valence electrons. The van der Waals surface area contributed by atoms with Crippen molar-refractivity contribution in [3.8, 4) is 0 Å². The van der Waals surface area contributed by atoms with Crippen molar-refractivity contribution in [1.82, 2.24) is 9.91 Å². The Balaban J connectivity index is 1.48. The molecule has 1 heterocycles. The summed E-state index contributed by atoms with van der Waals surface area (Å²) in [4.78, 5) is 15.0. The van der Waals surface area contributed by atoms with Gasteiger partial charge in [0.1, 0.15) is 0 Å². The van der Waals surface area contributed by atoms with E-state index in [9.17, 15) is 4.79 Å². The second-order valence-electron chi connectivity index (χ2n) is 7.32. The van der Waals surface area contributed by atoms with Gasteiger partial charge in [0, 0.05) is 32.1 Å². The lowest BCUT2D eigenvalue weighted by Crippen LogP contribution is -2.56. The SMILES string of the molecule is NN1CCN(C(=O)C2C3CC4CC(C3)CC2C4)CC1. The highest BCUT2D eigenvalue weighted by molar-refractivity contribution is 5.80. The molecule has 5 rings (SSSR count). The van der Waals surface area contributed by atoms with Crippen LogP contribution in [0.25, 0.3) is 0 Å². The number of piperazine rings is 1. The van der Waals surface area contributed by atoms with E-state index in [-0.39, 0.29) is 0 Å². The molecule has 5 aliphatic rings. The van der Waals surface area contributed by atoms with Crippen LogP contribution in [-0.4, -0.2) is 42.0 Å². The van der Waals surface area contributed by atoms with Crippen LogP contribution in [0.4, 0.5) is 0 Å². The van der Waals surface area contributed by atoms with Gasteiger partial charge in [-0.1, -0.05) is 0 Å². The standard InChI is InChI=1S/C15H25N3O/c16-18-3-1-17(2-4-18)15(19)14-12-6-10-5-11(8-12)9-13(14)7-10/h10-14H,1-9,16H2. The van der Waals surface area contributed by atoms with E-state index >= 15 is 0 Å². The Hall–Kier alpha value is -0.610. The number of nitrogens with two attached hydrogens (primary N) is 1. The maximum atomic E-state index is 12.9. The summed E-state index contributed by atoms with van der Waals surface area (Å²) >= 11 is 0. The molecule has 0 aromatic rings. The molecular weight excluding hydrogens is 238 g/mol. The molecule has 1 amide bonds. The fourth-order valence-electron chi connectivity index (χ4n) is 5.48. The zero-order valence-electron chi connectivity index (χ0n) is 11.6. The number of rotatable bonds is 1. The van der Waals surface area contributed by atoms with Gasteiger partial charge < -0.3 is 4.90 Å². The molecule has 0 atom stereocenters. The molecule has 0 aromatic carbocycles. The monoisotopic (exact) mass is 263 g/mol. The fourth-order valence-corrected chi connectivity index (χ4v) is 5.48. The molecule has 2 N–H and O–H groups in total. The summed E-state index contributed by atoms with van der Waals surface area (Å²) in [5.74, 6) is 9.92. The van der Waals surface area contributed by atoms with Crippen molar-refractivity contribution in [1.29, 1.82) is 0 Å². The molecule has 4 aliphatic carbocycles. The Bertz CT molecular complexity index is 348. The number of hydrazine groups is 1. The average Bonchev–Trinajstić information content (AvgIpc) is 2.38. The fraction of sp³-hybridized carbons (Fsp3) is 0.933. The average molecular weight is 263 g/mol. The van der Waals surface area contributed by atoms with Crippen LogP contribution in [0, 0.1) is 29.6 Å². The van der Waals surface area contributed by atoms with Crippen LogP contribution in [0.2, 0.25) is 0 Å². The van der Waals surface area contributed by atoms with E-state index in [0.717, 1.165) is 38.0 Å². The molecule has 4 saturated carbocycles. The molecule has 19 heavy (non-hydrogen) atoms. The minimum Gasteiger partial charge on any atom is -0.340 e. The van der Waals surface area contributed by atoms with Crippen molar-refractivity contribution in [3.63, 3.8) is 0 Å². The van der Waals surface area contributed by atoms with Crippen LogP contribution >= 0.6 is 0 Å². The molecule has 4 nitrogen and oxygen atoms in total. The van der Waals surface area contributed by atoms with Crippen LogP contribution in [-0.2, 0) is 4.79 Å². The molecule has 1 saturated heterocycles. The Morgan fingerprint density at radius 2 is 1.37 bits per heavy atom. The van der Waals surface area contributed by atoms with E-state index in [4.69, 9.17) is 5.84 Å². The first kappa shape index (κ1) is 12.2. The molecule has 0 spiro atoms. The zero-order valence-corrected chi connectivity index (χ0v) is 11.6. The van der Waals surface area contributed by atoms with Crippen molar-refractivity contribution < 1.29 is 4.79 Å². The molecule has 4 heteroatoms. The van der Waals surface area contributed by atoms with E-state index in [1.165, 1.54) is 32.1 Å². The van der Waals surface area contributed by atoms with Crippen LogP contribution in [0.3, 0.4) is 0 Å². The first-order valence-corrected chi connectivity index (χ1v) is 7.99. The van der Waals surface area contributed by atoms with Gasteiger partial charge in [-0.2, -0.15) is 0 Å². The smallest absolute Gasteiger partial charge is 0.226 e. The summed E-state index contributed by atoms with van der Waals surface area (Å²) in [6.07, 6.45) is 6.79. The van der Waals surface area contributed by atoms with Gasteiger partial charge in [0.25, 0.3) is 0 Å². The van der Waals surface area contributed by atoms with Crippen LogP contribution < -0.4 is 5.84 Å². The first-order valence-electron chi connectivity index (χ1n) is 7.99. The van der Waals surface area contributed by atoms with Crippen molar-refractivity contribution in [2.24, 2.45) is 35.4 Å². The highest BCUT2D eigenvalue weighted by Gasteiger charge is 2.51. The van der Waals surface area contributed by atoms with Gasteiger partial charge >= 0.3 is 0 Å². The van der Waals surface area contributed by atoms with Crippen LogP contribution in [0.5, 0.6) is 0 Å². The summed E-state index contributed by atoms with van der Waals surface area (Å²) in [5.41, 5.74) is 0. The van der Waals surface area contributed by atoms with Crippen molar-refractivity contribution in [2.45, 2.75) is 32.1 Å². The maximum Gasteiger partial charge on any atom is 0.226 e. The van der Waals surface area contributed by atoms with Crippen molar-refractivity contribution in [3.05, 3.63) is 0 Å². The third-order valence-corrected chi connectivity index (χ3v) is 6.14. The second-order valence-corrected chi connectivity index (χ2v) is 7.32. The normalized spacial score (nSPS) is 45.7. The summed E-state index contributed by atoms with van der Waals surface area (Å²) in [5, 5.41) is 1.83. The summed E-state index contributed by atoms with van der Waals surface area (Å²) < 4.78 is 0. The number of amides is 1. The number of nitrogens with zero attached hydrogens (tertiary/aromatic N) is 2. The molecule has 0 radical (unpaired) electrons. The molecule has 0 aromatic heterocycles. The summed E-state index contributed by atoms with van der Waals surface area (Å²) in [7, 11) is 0. The highest BCUT2D eigenvalue weighted by atomic mass is 16.2. The minimum absolute atomic E-state index is 0.358.